The van der Waals surface area contributed by atoms with E-state index in [1.54, 1.807) is 0 Å². The number of hydrogen-bond donors (Lipinski definition) is 2. The maximum absolute atomic E-state index is 10.3. The average Bonchev–Trinajstić information content (AvgIpc) is 2.51. The van der Waals surface area contributed by atoms with Crippen molar-refractivity contribution in [2.45, 2.75) is 12.6 Å². The number of imidazole rings is 1. The van der Waals surface area contributed by atoms with Crippen LogP contribution in [-0.2, 0) is 11.3 Å². The van der Waals surface area contributed by atoms with Crippen LogP contribution in [0.4, 0.5) is 0 Å². The maximum Gasteiger partial charge on any atom is 0.334 e. The lowest BCUT2D eigenvalue weighted by Gasteiger charge is -2.06. The van der Waals surface area contributed by atoms with Gasteiger partial charge in [-0.05, 0) is 0 Å². The van der Waals surface area contributed by atoms with Gasteiger partial charge in [0.25, 0.3) is 0 Å². The fourth-order valence-corrected chi connectivity index (χ4v) is 0.824. The summed E-state index contributed by atoms with van der Waals surface area (Å²) in [5, 5.41) is 25.9. The lowest BCUT2D eigenvalue weighted by molar-refractivity contribution is -0.147. The van der Waals surface area contributed by atoms with Gasteiger partial charge >= 0.3 is 5.97 Å². The van der Waals surface area contributed by atoms with E-state index in [2.05, 4.69) is 4.98 Å². The van der Waals surface area contributed by atoms with E-state index in [4.69, 9.17) is 15.5 Å². The lowest BCUT2D eigenvalue weighted by Crippen LogP contribution is -2.25. The summed E-state index contributed by atoms with van der Waals surface area (Å²) in [6, 6.07) is 1.82. The van der Waals surface area contributed by atoms with Crippen molar-refractivity contribution in [2.24, 2.45) is 0 Å². The third kappa shape index (κ3) is 2.04. The largest absolute Gasteiger partial charge is 0.479 e. The van der Waals surface area contributed by atoms with E-state index >= 15 is 0 Å². The normalized spacial score (nSPS) is 12.0. The van der Waals surface area contributed by atoms with Gasteiger partial charge in [-0.3, -0.25) is 0 Å². The minimum atomic E-state index is -1.51. The molecule has 0 saturated carbocycles. The van der Waals surface area contributed by atoms with E-state index in [1.165, 1.54) is 17.1 Å². The molecule has 0 aliphatic heterocycles. The zero-order chi connectivity index (χ0) is 9.84. The molecule has 0 aromatic carbocycles. The number of rotatable bonds is 3. The van der Waals surface area contributed by atoms with Gasteiger partial charge in [0, 0.05) is 0 Å². The van der Waals surface area contributed by atoms with E-state index < -0.39 is 12.1 Å². The van der Waals surface area contributed by atoms with Gasteiger partial charge in [-0.25, -0.2) is 9.78 Å². The second kappa shape index (κ2) is 3.69. The summed E-state index contributed by atoms with van der Waals surface area (Å²) in [5.41, 5.74) is 0.223. The number of aliphatic hydroxyl groups excluding tert-OH is 1. The number of aromatic nitrogens is 2. The molecule has 0 fully saturated rings. The SMILES string of the molecule is N#Cc1cncn1CC(O)C(=O)O. The second-order valence-electron chi connectivity index (χ2n) is 2.40. The molecule has 0 bridgehead atoms. The maximum atomic E-state index is 10.3. The third-order valence-electron chi connectivity index (χ3n) is 1.48. The molecule has 0 amide bonds. The molecular weight excluding hydrogens is 174 g/mol. The molecule has 0 spiro atoms. The van der Waals surface area contributed by atoms with Crippen molar-refractivity contribution in [3.05, 3.63) is 18.2 Å². The molecule has 1 aromatic rings. The number of aliphatic carboxylic acids is 1. The highest BCUT2D eigenvalue weighted by molar-refractivity contribution is 5.71. The molecule has 1 aromatic heterocycles. The highest BCUT2D eigenvalue weighted by Crippen LogP contribution is 1.99. The van der Waals surface area contributed by atoms with E-state index in [0.29, 0.717) is 0 Å². The number of nitriles is 1. The van der Waals surface area contributed by atoms with Gasteiger partial charge in [0.15, 0.2) is 6.10 Å². The molecular formula is C7H7N3O3. The molecule has 1 unspecified atom stereocenters. The molecule has 68 valence electrons. The van der Waals surface area contributed by atoms with Gasteiger partial charge in [0.05, 0.1) is 19.1 Å². The monoisotopic (exact) mass is 181 g/mol. The fourth-order valence-electron chi connectivity index (χ4n) is 0.824. The molecule has 1 heterocycles. The van der Waals surface area contributed by atoms with Crippen LogP contribution in [0.5, 0.6) is 0 Å². The fraction of sp³-hybridized carbons (Fsp3) is 0.286. The van der Waals surface area contributed by atoms with E-state index in [9.17, 15) is 4.79 Å². The van der Waals surface area contributed by atoms with Crippen LogP contribution in [0.15, 0.2) is 12.5 Å². The van der Waals surface area contributed by atoms with Crippen LogP contribution in [0.25, 0.3) is 0 Å². The molecule has 6 nitrogen and oxygen atoms in total. The number of carboxylic acid groups (broad SMARTS) is 1. The Morgan fingerprint density at radius 1 is 1.85 bits per heavy atom. The molecule has 0 aliphatic carbocycles. The van der Waals surface area contributed by atoms with Gasteiger partial charge in [0.2, 0.25) is 0 Å². The van der Waals surface area contributed by atoms with Crippen LogP contribution in [0, 0.1) is 11.3 Å². The van der Waals surface area contributed by atoms with Crippen molar-refractivity contribution in [3.63, 3.8) is 0 Å². The zero-order valence-electron chi connectivity index (χ0n) is 6.58. The predicted octanol–water partition coefficient (Wildman–Crippen LogP) is -0.800. The topological polar surface area (TPSA) is 99.1 Å². The van der Waals surface area contributed by atoms with Gasteiger partial charge in [-0.15, -0.1) is 0 Å². The summed E-state index contributed by atoms with van der Waals surface area (Å²) in [7, 11) is 0. The first-order valence-corrected chi connectivity index (χ1v) is 3.46. The van der Waals surface area contributed by atoms with E-state index in [0.717, 1.165) is 0 Å². The quantitative estimate of drug-likeness (QED) is 0.636. The average molecular weight is 181 g/mol. The number of aliphatic hydroxyl groups is 1. The molecule has 13 heavy (non-hydrogen) atoms. The number of carboxylic acids is 1. The van der Waals surface area contributed by atoms with Crippen LogP contribution < -0.4 is 0 Å². The standard InChI is InChI=1S/C7H7N3O3/c8-1-5-2-9-4-10(5)3-6(11)7(12)13/h2,4,6,11H,3H2,(H,12,13). The van der Waals surface area contributed by atoms with Gasteiger partial charge in [-0.2, -0.15) is 5.26 Å². The van der Waals surface area contributed by atoms with Crippen molar-refractivity contribution in [1.29, 1.82) is 5.26 Å². The number of nitrogens with zero attached hydrogens (tertiary/aromatic N) is 3. The molecule has 1 atom stereocenters. The first-order chi connectivity index (χ1) is 6.15. The second-order valence-corrected chi connectivity index (χ2v) is 2.40. The summed E-state index contributed by atoms with van der Waals surface area (Å²) >= 11 is 0. The van der Waals surface area contributed by atoms with Crippen molar-refractivity contribution in [2.75, 3.05) is 0 Å². The summed E-state index contributed by atoms with van der Waals surface area (Å²) in [6.45, 7) is -0.168. The molecule has 2 N–H and O–H groups in total. The summed E-state index contributed by atoms with van der Waals surface area (Å²) in [4.78, 5) is 13.9. The van der Waals surface area contributed by atoms with Crippen LogP contribution in [-0.4, -0.2) is 31.8 Å². The molecule has 6 heteroatoms. The number of carbonyl (C=O) groups is 1. The highest BCUT2D eigenvalue weighted by atomic mass is 16.4. The number of hydrogen-bond acceptors (Lipinski definition) is 4. The van der Waals surface area contributed by atoms with Crippen molar-refractivity contribution in [3.8, 4) is 6.07 Å². The lowest BCUT2D eigenvalue weighted by atomic mass is 10.3. The van der Waals surface area contributed by atoms with Crippen molar-refractivity contribution >= 4 is 5.97 Å². The Labute approximate surface area is 73.7 Å². The third-order valence-corrected chi connectivity index (χ3v) is 1.48. The summed E-state index contributed by atoms with van der Waals surface area (Å²) in [6.07, 6.45) is 1.08. The Bertz CT molecular complexity index is 352. The summed E-state index contributed by atoms with van der Waals surface area (Å²) < 4.78 is 1.28. The van der Waals surface area contributed by atoms with Crippen LogP contribution in [0.2, 0.25) is 0 Å². The zero-order valence-corrected chi connectivity index (χ0v) is 6.58. The van der Waals surface area contributed by atoms with E-state index in [1.807, 2.05) is 6.07 Å². The minimum Gasteiger partial charge on any atom is -0.479 e. The molecule has 1 rings (SSSR count). The van der Waals surface area contributed by atoms with Crippen molar-refractivity contribution < 1.29 is 15.0 Å². The Hall–Kier alpha value is -1.87. The van der Waals surface area contributed by atoms with Gasteiger partial charge in [-0.1, -0.05) is 0 Å². The van der Waals surface area contributed by atoms with Gasteiger partial charge < -0.3 is 14.8 Å². The Balaban J connectivity index is 2.75. The Morgan fingerprint density at radius 2 is 2.54 bits per heavy atom. The molecule has 0 radical (unpaired) electrons. The molecule has 0 aliphatic rings. The Morgan fingerprint density at radius 3 is 3.08 bits per heavy atom. The van der Waals surface area contributed by atoms with Crippen LogP contribution >= 0.6 is 0 Å². The predicted molar refractivity (Wildman–Crippen MR) is 40.6 cm³/mol. The van der Waals surface area contributed by atoms with Crippen molar-refractivity contribution in [1.82, 2.24) is 9.55 Å². The Kier molecular flexibility index (Phi) is 2.62. The van der Waals surface area contributed by atoms with E-state index in [-0.39, 0.29) is 12.2 Å². The highest BCUT2D eigenvalue weighted by Gasteiger charge is 2.14. The van der Waals surface area contributed by atoms with Gasteiger partial charge in [0.1, 0.15) is 11.8 Å². The molecule has 0 saturated heterocycles. The smallest absolute Gasteiger partial charge is 0.334 e. The van der Waals surface area contributed by atoms with Crippen LogP contribution in [0.3, 0.4) is 0 Å². The first kappa shape index (κ1) is 9.22. The van der Waals surface area contributed by atoms with Crippen LogP contribution in [0.1, 0.15) is 5.69 Å². The summed E-state index contributed by atoms with van der Waals surface area (Å²) in [5.74, 6) is -1.32. The first-order valence-electron chi connectivity index (χ1n) is 3.46. The minimum absolute atomic E-state index is 0.168.